The van der Waals surface area contributed by atoms with E-state index in [4.69, 9.17) is 0 Å². The average Bonchev–Trinajstić information content (AvgIpc) is 2.76. The summed E-state index contributed by atoms with van der Waals surface area (Å²) >= 11 is 0. The van der Waals surface area contributed by atoms with E-state index in [0.717, 1.165) is 46.1 Å². The molecule has 1 aromatic heterocycles. The Hall–Kier alpha value is -3.13. The number of rotatable bonds is 5. The molecule has 0 radical (unpaired) electrons. The highest BCUT2D eigenvalue weighted by Gasteiger charge is 2.14. The number of H-pyrrole nitrogens is 1. The molecule has 0 saturated carbocycles. The monoisotopic (exact) mass is 367 g/mol. The minimum absolute atomic E-state index is 0.114. The van der Waals surface area contributed by atoms with Crippen molar-refractivity contribution in [3.8, 4) is 11.3 Å². The quantitative estimate of drug-likeness (QED) is 0.467. The van der Waals surface area contributed by atoms with Crippen LogP contribution in [0.2, 0.25) is 0 Å². The topological polar surface area (TPSA) is 32.9 Å². The number of pyridine rings is 1. The van der Waals surface area contributed by atoms with E-state index in [1.807, 2.05) is 24.3 Å². The molecule has 1 heterocycles. The molecular weight excluding hydrogens is 342 g/mol. The molecule has 4 rings (SSSR count). The second-order valence-corrected chi connectivity index (χ2v) is 7.25. The summed E-state index contributed by atoms with van der Waals surface area (Å²) in [7, 11) is 0. The van der Waals surface area contributed by atoms with Crippen molar-refractivity contribution in [2.75, 3.05) is 0 Å². The van der Waals surface area contributed by atoms with Gasteiger partial charge in [-0.25, -0.2) is 0 Å². The number of hydrogen-bond acceptors (Lipinski definition) is 1. The molecule has 4 aromatic rings. The van der Waals surface area contributed by atoms with Gasteiger partial charge in [-0.3, -0.25) is 4.79 Å². The molecule has 0 aliphatic carbocycles. The molecule has 2 heteroatoms. The molecule has 0 atom stereocenters. The Morgan fingerprint density at radius 1 is 0.714 bits per heavy atom. The molecular formula is C26H25NO. The van der Waals surface area contributed by atoms with Gasteiger partial charge in [-0.05, 0) is 47.2 Å². The predicted octanol–water partition coefficient (Wildman–Crippen LogP) is 5.91. The van der Waals surface area contributed by atoms with Crippen molar-refractivity contribution in [1.82, 2.24) is 4.98 Å². The smallest absolute Gasteiger partial charge is 0.193 e. The maximum Gasteiger partial charge on any atom is 0.193 e. The van der Waals surface area contributed by atoms with Gasteiger partial charge in [0, 0.05) is 22.9 Å². The number of benzene rings is 3. The third kappa shape index (κ3) is 3.50. The minimum atomic E-state index is 0.114. The van der Waals surface area contributed by atoms with Crippen LogP contribution in [0.5, 0.6) is 0 Å². The first-order valence-corrected chi connectivity index (χ1v) is 10.0. The van der Waals surface area contributed by atoms with E-state index in [2.05, 4.69) is 67.4 Å². The Kier molecular flexibility index (Phi) is 5.12. The number of nitrogens with one attached hydrogen (secondary N) is 1. The largest absolute Gasteiger partial charge is 0.354 e. The van der Waals surface area contributed by atoms with Crippen LogP contribution in [-0.4, -0.2) is 4.98 Å². The lowest BCUT2D eigenvalue weighted by molar-refractivity contribution is 1.11. The lowest BCUT2D eigenvalue weighted by Gasteiger charge is -2.13. The third-order valence-electron chi connectivity index (χ3n) is 5.47. The molecule has 140 valence electrons. The minimum Gasteiger partial charge on any atom is -0.354 e. The van der Waals surface area contributed by atoms with Crippen LogP contribution >= 0.6 is 0 Å². The number of hydrogen-bond donors (Lipinski definition) is 1. The van der Waals surface area contributed by atoms with Crippen LogP contribution in [0.4, 0.5) is 0 Å². The SMILES string of the molecule is CCc1ccc(Cc2c(-c3ccc(CC)cc3)[nH]c3ccccc3c2=O)cc1. The fourth-order valence-corrected chi connectivity index (χ4v) is 3.70. The molecule has 0 spiro atoms. The Morgan fingerprint density at radius 3 is 1.93 bits per heavy atom. The number of aromatic nitrogens is 1. The van der Waals surface area contributed by atoms with E-state index in [-0.39, 0.29) is 5.43 Å². The summed E-state index contributed by atoms with van der Waals surface area (Å²) in [6.07, 6.45) is 2.64. The summed E-state index contributed by atoms with van der Waals surface area (Å²) in [5, 5.41) is 0.747. The number of para-hydroxylation sites is 1. The Balaban J connectivity index is 1.88. The van der Waals surface area contributed by atoms with E-state index >= 15 is 0 Å². The maximum absolute atomic E-state index is 13.4. The van der Waals surface area contributed by atoms with Gasteiger partial charge in [-0.15, -0.1) is 0 Å². The van der Waals surface area contributed by atoms with Crippen LogP contribution in [0.15, 0.2) is 77.6 Å². The molecule has 0 bridgehead atoms. The molecule has 0 fully saturated rings. The first kappa shape index (κ1) is 18.2. The molecule has 0 saturated heterocycles. The number of fused-ring (bicyclic) bond motifs is 1. The lowest BCUT2D eigenvalue weighted by atomic mass is 9.96. The Labute approximate surface area is 165 Å². The molecule has 28 heavy (non-hydrogen) atoms. The maximum atomic E-state index is 13.4. The lowest BCUT2D eigenvalue weighted by Crippen LogP contribution is -2.13. The highest BCUT2D eigenvalue weighted by atomic mass is 16.1. The summed E-state index contributed by atoms with van der Waals surface area (Å²) in [6.45, 7) is 4.30. The number of aromatic amines is 1. The summed E-state index contributed by atoms with van der Waals surface area (Å²) < 4.78 is 0. The van der Waals surface area contributed by atoms with E-state index in [9.17, 15) is 4.79 Å². The fraction of sp³-hybridized carbons (Fsp3) is 0.192. The van der Waals surface area contributed by atoms with E-state index in [0.29, 0.717) is 6.42 Å². The van der Waals surface area contributed by atoms with Gasteiger partial charge in [0.2, 0.25) is 0 Å². The normalized spacial score (nSPS) is 11.1. The Morgan fingerprint density at radius 2 is 1.29 bits per heavy atom. The van der Waals surface area contributed by atoms with E-state index in [1.165, 1.54) is 11.1 Å². The van der Waals surface area contributed by atoms with Crippen LogP contribution in [0.1, 0.15) is 36.1 Å². The van der Waals surface area contributed by atoms with Crippen molar-refractivity contribution in [2.24, 2.45) is 0 Å². The zero-order valence-corrected chi connectivity index (χ0v) is 16.5. The van der Waals surface area contributed by atoms with Gasteiger partial charge in [-0.1, -0.05) is 74.5 Å². The van der Waals surface area contributed by atoms with Crippen LogP contribution in [0.3, 0.4) is 0 Å². The molecule has 1 N–H and O–H groups in total. The van der Waals surface area contributed by atoms with Crippen LogP contribution < -0.4 is 5.43 Å². The summed E-state index contributed by atoms with van der Waals surface area (Å²) in [6, 6.07) is 24.9. The van der Waals surface area contributed by atoms with Crippen molar-refractivity contribution in [1.29, 1.82) is 0 Å². The zero-order valence-electron chi connectivity index (χ0n) is 16.5. The Bertz CT molecular complexity index is 1150. The highest BCUT2D eigenvalue weighted by molar-refractivity contribution is 5.83. The van der Waals surface area contributed by atoms with Gasteiger partial charge in [0.15, 0.2) is 5.43 Å². The van der Waals surface area contributed by atoms with Crippen molar-refractivity contribution >= 4 is 10.9 Å². The number of aryl methyl sites for hydroxylation is 2. The van der Waals surface area contributed by atoms with Crippen LogP contribution in [-0.2, 0) is 19.3 Å². The van der Waals surface area contributed by atoms with Gasteiger partial charge >= 0.3 is 0 Å². The first-order valence-electron chi connectivity index (χ1n) is 10.0. The average molecular weight is 367 g/mol. The second-order valence-electron chi connectivity index (χ2n) is 7.25. The zero-order chi connectivity index (χ0) is 19.5. The fourth-order valence-electron chi connectivity index (χ4n) is 3.70. The van der Waals surface area contributed by atoms with Crippen LogP contribution in [0.25, 0.3) is 22.2 Å². The van der Waals surface area contributed by atoms with Gasteiger partial charge in [0.1, 0.15) is 0 Å². The standard InChI is InChI=1S/C26H25NO/c1-3-18-9-11-20(12-10-18)17-23-25(21-15-13-19(4-2)14-16-21)27-24-8-6-5-7-22(24)26(23)28/h5-16H,3-4,17H2,1-2H3,(H,27,28). The van der Waals surface area contributed by atoms with Crippen LogP contribution in [0, 0.1) is 0 Å². The van der Waals surface area contributed by atoms with E-state index < -0.39 is 0 Å². The van der Waals surface area contributed by atoms with Crippen molar-refractivity contribution in [3.05, 3.63) is 105 Å². The first-order chi connectivity index (χ1) is 13.7. The van der Waals surface area contributed by atoms with Gasteiger partial charge < -0.3 is 4.98 Å². The van der Waals surface area contributed by atoms with Crippen molar-refractivity contribution in [3.63, 3.8) is 0 Å². The molecule has 3 aromatic carbocycles. The molecule has 0 amide bonds. The predicted molar refractivity (Wildman–Crippen MR) is 118 cm³/mol. The van der Waals surface area contributed by atoms with Crippen molar-refractivity contribution in [2.45, 2.75) is 33.1 Å². The summed E-state index contributed by atoms with van der Waals surface area (Å²) in [5.41, 5.74) is 7.56. The van der Waals surface area contributed by atoms with Gasteiger partial charge in [-0.2, -0.15) is 0 Å². The third-order valence-corrected chi connectivity index (χ3v) is 5.47. The molecule has 0 unspecified atom stereocenters. The second kappa shape index (κ2) is 7.85. The highest BCUT2D eigenvalue weighted by Crippen LogP contribution is 2.25. The van der Waals surface area contributed by atoms with E-state index in [1.54, 1.807) is 0 Å². The molecule has 0 aliphatic rings. The summed E-state index contributed by atoms with van der Waals surface area (Å²) in [5.74, 6) is 0. The van der Waals surface area contributed by atoms with Gasteiger partial charge in [0.05, 0.1) is 5.69 Å². The van der Waals surface area contributed by atoms with Crippen molar-refractivity contribution < 1.29 is 0 Å². The summed E-state index contributed by atoms with van der Waals surface area (Å²) in [4.78, 5) is 16.9. The van der Waals surface area contributed by atoms with Gasteiger partial charge in [0.25, 0.3) is 0 Å². The molecule has 0 aliphatic heterocycles. The molecule has 2 nitrogen and oxygen atoms in total.